The van der Waals surface area contributed by atoms with Crippen LogP contribution in [0.15, 0.2) is 10.1 Å². The van der Waals surface area contributed by atoms with Crippen LogP contribution in [0.2, 0.25) is 0 Å². The number of carbonyl (C=O) groups excluding carboxylic acids is 1. The minimum atomic E-state index is -1.14. The number of carboxylic acids is 1. The second-order valence-corrected chi connectivity index (χ2v) is 2.46. The Bertz CT molecular complexity index is 385. The van der Waals surface area contributed by atoms with Crippen molar-refractivity contribution in [2.45, 2.75) is 0 Å². The van der Waals surface area contributed by atoms with Crippen molar-refractivity contribution in [3.8, 4) is 0 Å². The van der Waals surface area contributed by atoms with Crippen LogP contribution in [0.3, 0.4) is 0 Å². The van der Waals surface area contributed by atoms with E-state index in [1.807, 2.05) is 0 Å². The van der Waals surface area contributed by atoms with E-state index >= 15 is 0 Å². The molecule has 0 fully saturated rings. The molecule has 0 saturated heterocycles. The van der Waals surface area contributed by atoms with Crippen LogP contribution in [-0.4, -0.2) is 46.2 Å². The number of guanidine groups is 1. The lowest BCUT2D eigenvalue weighted by Crippen LogP contribution is -2.51. The first-order chi connectivity index (χ1) is 7.04. The number of hydrogen-bond donors (Lipinski definition) is 5. The van der Waals surface area contributed by atoms with Gasteiger partial charge in [-0.05, 0) is 0 Å². The van der Waals surface area contributed by atoms with E-state index in [4.69, 9.17) is 15.7 Å². The number of aliphatic imine (C=N–C) groups is 1. The predicted octanol–water partition coefficient (Wildman–Crippen LogP) is -2.05. The molecule has 0 aliphatic carbocycles. The Kier molecular flexibility index (Phi) is 2.96. The number of rotatable bonds is 2. The number of nitrogens with one attached hydrogen (secondary N) is 3. The van der Waals surface area contributed by atoms with E-state index < -0.39 is 30.0 Å². The fourth-order valence-electron chi connectivity index (χ4n) is 0.803. The molecule has 9 nitrogen and oxygen atoms in total. The van der Waals surface area contributed by atoms with Crippen molar-refractivity contribution >= 4 is 29.4 Å². The third-order valence-corrected chi connectivity index (χ3v) is 1.40. The summed E-state index contributed by atoms with van der Waals surface area (Å²) in [5.74, 6) is -2.68. The minimum Gasteiger partial charge on any atom is -0.480 e. The van der Waals surface area contributed by atoms with Gasteiger partial charge in [-0.3, -0.25) is 20.3 Å². The monoisotopic (exact) mass is 213 g/mol. The molecular formula is C6H7N5O4. The molecule has 0 aromatic carbocycles. The van der Waals surface area contributed by atoms with E-state index in [2.05, 4.69) is 20.8 Å². The maximum absolute atomic E-state index is 11.1. The lowest BCUT2D eigenvalue weighted by atomic mass is 10.3. The van der Waals surface area contributed by atoms with Crippen molar-refractivity contribution in [3.63, 3.8) is 0 Å². The highest BCUT2D eigenvalue weighted by molar-refractivity contribution is 6.68. The van der Waals surface area contributed by atoms with Crippen molar-refractivity contribution in [2.75, 3.05) is 6.54 Å². The summed E-state index contributed by atoms with van der Waals surface area (Å²) in [6.45, 7) is -0.446. The van der Waals surface area contributed by atoms with Gasteiger partial charge in [0.1, 0.15) is 6.54 Å². The van der Waals surface area contributed by atoms with Crippen LogP contribution >= 0.6 is 0 Å². The van der Waals surface area contributed by atoms with Gasteiger partial charge in [-0.25, -0.2) is 0 Å². The molecule has 0 radical (unpaired) electrons. The van der Waals surface area contributed by atoms with Gasteiger partial charge in [-0.1, -0.05) is 5.16 Å². The number of aliphatic carboxylic acids is 1. The molecular weight excluding hydrogens is 206 g/mol. The molecule has 0 atom stereocenters. The number of carbonyl (C=O) groups is 2. The third-order valence-electron chi connectivity index (χ3n) is 1.40. The summed E-state index contributed by atoms with van der Waals surface area (Å²) in [5.41, 5.74) is -0.532. The molecule has 0 aromatic rings. The Hall–Kier alpha value is -2.45. The first-order valence-electron chi connectivity index (χ1n) is 3.71. The lowest BCUT2D eigenvalue weighted by molar-refractivity contribution is -0.135. The number of amides is 1. The zero-order chi connectivity index (χ0) is 11.4. The average molecular weight is 213 g/mol. The zero-order valence-electron chi connectivity index (χ0n) is 7.31. The van der Waals surface area contributed by atoms with E-state index in [-0.39, 0.29) is 5.96 Å². The van der Waals surface area contributed by atoms with Crippen LogP contribution in [0.5, 0.6) is 0 Å². The summed E-state index contributed by atoms with van der Waals surface area (Å²) >= 11 is 0. The second kappa shape index (κ2) is 4.17. The molecule has 5 N–H and O–H groups in total. The molecule has 1 aliphatic rings. The van der Waals surface area contributed by atoms with Crippen LogP contribution < -0.4 is 10.6 Å². The van der Waals surface area contributed by atoms with Crippen molar-refractivity contribution < 1.29 is 19.9 Å². The Morgan fingerprint density at radius 1 is 1.67 bits per heavy atom. The van der Waals surface area contributed by atoms with E-state index in [1.54, 1.807) is 0 Å². The number of carboxylic acid groups (broad SMARTS) is 1. The van der Waals surface area contributed by atoms with E-state index in [0.717, 1.165) is 0 Å². The summed E-state index contributed by atoms with van der Waals surface area (Å²) in [6, 6.07) is 0. The highest BCUT2D eigenvalue weighted by atomic mass is 16.4. The smallest absolute Gasteiger partial charge is 0.322 e. The van der Waals surface area contributed by atoms with E-state index in [1.165, 1.54) is 0 Å². The first kappa shape index (κ1) is 10.6. The van der Waals surface area contributed by atoms with Crippen LogP contribution in [0.25, 0.3) is 0 Å². The second-order valence-electron chi connectivity index (χ2n) is 2.46. The molecule has 0 aromatic heterocycles. The minimum absolute atomic E-state index is 0.167. The fraction of sp³-hybridized carbons (Fsp3) is 0.167. The molecule has 0 bridgehead atoms. The average Bonchev–Trinajstić information content (AvgIpc) is 2.14. The van der Waals surface area contributed by atoms with Crippen molar-refractivity contribution in [1.82, 2.24) is 10.6 Å². The first-order valence-corrected chi connectivity index (χ1v) is 3.71. The predicted molar refractivity (Wildman–Crippen MR) is 48.2 cm³/mol. The van der Waals surface area contributed by atoms with Crippen LogP contribution in [0.1, 0.15) is 0 Å². The molecule has 15 heavy (non-hydrogen) atoms. The van der Waals surface area contributed by atoms with Crippen LogP contribution in [0, 0.1) is 5.41 Å². The topological polar surface area (TPSA) is 147 Å². The summed E-state index contributed by atoms with van der Waals surface area (Å²) in [4.78, 5) is 24.7. The molecule has 0 saturated carbocycles. The Morgan fingerprint density at radius 2 is 2.33 bits per heavy atom. The zero-order valence-corrected chi connectivity index (χ0v) is 7.31. The molecule has 1 amide bonds. The standard InChI is InChI=1S/C6H7N5O4/c7-4-3(11-15)5(14)10-6(9-4)8-1-2(12)13/h15H,1H2,(H,12,13)(H3,7,8,9,10,14)/b11-3+. The maximum Gasteiger partial charge on any atom is 0.322 e. The molecule has 1 aliphatic heterocycles. The molecule has 0 unspecified atom stereocenters. The van der Waals surface area contributed by atoms with Gasteiger partial charge in [0, 0.05) is 0 Å². The molecule has 0 spiro atoms. The number of oxime groups is 1. The number of hydrogen-bond acceptors (Lipinski definition) is 6. The lowest BCUT2D eigenvalue weighted by Gasteiger charge is -2.14. The van der Waals surface area contributed by atoms with Crippen LogP contribution in [-0.2, 0) is 9.59 Å². The van der Waals surface area contributed by atoms with Crippen molar-refractivity contribution in [2.24, 2.45) is 10.1 Å². The number of amidine groups is 1. The molecule has 80 valence electrons. The van der Waals surface area contributed by atoms with Gasteiger partial charge in [0.15, 0.2) is 5.84 Å². The largest absolute Gasteiger partial charge is 0.480 e. The quantitative estimate of drug-likeness (QED) is 0.264. The Balaban J connectivity index is 2.75. The fourth-order valence-corrected chi connectivity index (χ4v) is 0.803. The van der Waals surface area contributed by atoms with E-state index in [9.17, 15) is 9.59 Å². The van der Waals surface area contributed by atoms with Gasteiger partial charge in [0.25, 0.3) is 5.91 Å². The third kappa shape index (κ3) is 2.49. The van der Waals surface area contributed by atoms with Gasteiger partial charge in [0.2, 0.25) is 11.7 Å². The highest BCUT2D eigenvalue weighted by Crippen LogP contribution is 1.91. The number of nitrogens with zero attached hydrogens (tertiary/aromatic N) is 2. The summed E-state index contributed by atoms with van der Waals surface area (Å²) in [7, 11) is 0. The summed E-state index contributed by atoms with van der Waals surface area (Å²) in [5, 5.41) is 30.8. The molecule has 1 heterocycles. The van der Waals surface area contributed by atoms with Crippen molar-refractivity contribution in [1.29, 1.82) is 5.41 Å². The van der Waals surface area contributed by atoms with Gasteiger partial charge in [0.05, 0.1) is 0 Å². The molecule has 9 heteroatoms. The normalized spacial score (nSPS) is 18.4. The molecule has 1 rings (SSSR count). The highest BCUT2D eigenvalue weighted by Gasteiger charge is 2.24. The van der Waals surface area contributed by atoms with Gasteiger partial charge < -0.3 is 15.6 Å². The van der Waals surface area contributed by atoms with Gasteiger partial charge in [-0.15, -0.1) is 0 Å². The van der Waals surface area contributed by atoms with E-state index in [0.29, 0.717) is 0 Å². The Morgan fingerprint density at radius 3 is 2.80 bits per heavy atom. The SMILES string of the molecule is N=C1N=C(NCC(=O)O)NC(=O)/C1=N/O. The van der Waals surface area contributed by atoms with Crippen LogP contribution in [0.4, 0.5) is 0 Å². The Labute approximate surface area is 83.0 Å². The van der Waals surface area contributed by atoms with Crippen molar-refractivity contribution in [3.05, 3.63) is 0 Å². The summed E-state index contributed by atoms with van der Waals surface area (Å²) in [6.07, 6.45) is 0. The summed E-state index contributed by atoms with van der Waals surface area (Å²) < 4.78 is 0. The van der Waals surface area contributed by atoms with Gasteiger partial charge >= 0.3 is 5.97 Å². The maximum atomic E-state index is 11.1. The van der Waals surface area contributed by atoms with Gasteiger partial charge in [-0.2, -0.15) is 4.99 Å².